The van der Waals surface area contributed by atoms with Gasteiger partial charge in [0.25, 0.3) is 0 Å². The SMILES string of the molecule is Fc1cc2c(cc1F)N1CCN(SC(F)(F)F)CC1C2. The zero-order valence-electron chi connectivity index (χ0n) is 10.3. The monoisotopic (exact) mass is 310 g/mol. The molecule has 2 aliphatic heterocycles. The van der Waals surface area contributed by atoms with E-state index in [4.69, 9.17) is 0 Å². The first-order chi connectivity index (χ1) is 9.33. The lowest BCUT2D eigenvalue weighted by atomic mass is 10.1. The van der Waals surface area contributed by atoms with Crippen molar-refractivity contribution in [3.8, 4) is 0 Å². The molecule has 1 aromatic rings. The molecule has 0 amide bonds. The second kappa shape index (κ2) is 4.77. The number of hydrogen-bond acceptors (Lipinski definition) is 3. The van der Waals surface area contributed by atoms with E-state index in [1.807, 2.05) is 4.90 Å². The lowest BCUT2D eigenvalue weighted by molar-refractivity contribution is -0.0365. The third kappa shape index (κ3) is 2.58. The Bertz CT molecular complexity index is 533. The molecule has 110 valence electrons. The number of benzene rings is 1. The molecule has 0 bridgehead atoms. The van der Waals surface area contributed by atoms with Gasteiger partial charge in [0, 0.05) is 49.4 Å². The summed E-state index contributed by atoms with van der Waals surface area (Å²) in [5.41, 5.74) is -3.04. The first-order valence-electron chi connectivity index (χ1n) is 6.09. The van der Waals surface area contributed by atoms with Crippen molar-refractivity contribution in [3.63, 3.8) is 0 Å². The molecule has 1 saturated heterocycles. The van der Waals surface area contributed by atoms with Crippen LogP contribution in [0.1, 0.15) is 5.56 Å². The molecule has 3 rings (SSSR count). The number of rotatable bonds is 1. The first kappa shape index (κ1) is 13.9. The lowest BCUT2D eigenvalue weighted by Gasteiger charge is -2.38. The van der Waals surface area contributed by atoms with Gasteiger partial charge in [-0.25, -0.2) is 13.1 Å². The van der Waals surface area contributed by atoms with Crippen LogP contribution in [0.4, 0.5) is 27.6 Å². The van der Waals surface area contributed by atoms with Crippen molar-refractivity contribution in [3.05, 3.63) is 29.3 Å². The van der Waals surface area contributed by atoms with Crippen LogP contribution in [0.3, 0.4) is 0 Å². The number of hydrogen-bond donors (Lipinski definition) is 0. The molecule has 0 aliphatic carbocycles. The summed E-state index contributed by atoms with van der Waals surface area (Å²) in [6.07, 6.45) is 0.446. The highest BCUT2D eigenvalue weighted by Crippen LogP contribution is 2.39. The van der Waals surface area contributed by atoms with Crippen LogP contribution in [-0.4, -0.2) is 35.5 Å². The fourth-order valence-electron chi connectivity index (χ4n) is 2.81. The Morgan fingerprint density at radius 2 is 1.80 bits per heavy atom. The molecule has 0 spiro atoms. The molecule has 8 heteroatoms. The molecule has 0 radical (unpaired) electrons. The van der Waals surface area contributed by atoms with Gasteiger partial charge >= 0.3 is 5.51 Å². The molecule has 1 aromatic carbocycles. The largest absolute Gasteiger partial charge is 0.456 e. The third-order valence-corrected chi connectivity index (χ3v) is 4.36. The van der Waals surface area contributed by atoms with E-state index in [1.165, 1.54) is 4.31 Å². The van der Waals surface area contributed by atoms with Crippen molar-refractivity contribution in [2.75, 3.05) is 24.5 Å². The minimum atomic E-state index is -4.30. The van der Waals surface area contributed by atoms with Crippen molar-refractivity contribution in [2.45, 2.75) is 18.0 Å². The van der Waals surface area contributed by atoms with Gasteiger partial charge in [-0.3, -0.25) is 0 Å². The minimum absolute atomic E-state index is 0.130. The van der Waals surface area contributed by atoms with Crippen LogP contribution in [0.2, 0.25) is 0 Å². The third-order valence-electron chi connectivity index (χ3n) is 3.56. The summed E-state index contributed by atoms with van der Waals surface area (Å²) in [4.78, 5) is 1.87. The van der Waals surface area contributed by atoms with Gasteiger partial charge in [0.1, 0.15) is 0 Å². The quantitative estimate of drug-likeness (QED) is 0.581. The summed E-state index contributed by atoms with van der Waals surface area (Å²) in [5.74, 6) is -1.83. The predicted octanol–water partition coefficient (Wildman–Crippen LogP) is 3.18. The first-order valence-corrected chi connectivity index (χ1v) is 6.86. The van der Waals surface area contributed by atoms with Crippen molar-refractivity contribution < 1.29 is 22.0 Å². The zero-order valence-corrected chi connectivity index (χ0v) is 11.1. The average Bonchev–Trinajstić information content (AvgIpc) is 2.64. The van der Waals surface area contributed by atoms with Gasteiger partial charge in [0.05, 0.1) is 0 Å². The minimum Gasteiger partial charge on any atom is -0.365 e. The molecule has 1 fully saturated rings. The second-order valence-electron chi connectivity index (χ2n) is 4.87. The molecule has 1 atom stereocenters. The maximum atomic E-state index is 13.3. The van der Waals surface area contributed by atoms with Gasteiger partial charge in [-0.2, -0.15) is 13.2 Å². The van der Waals surface area contributed by atoms with E-state index in [1.54, 1.807) is 0 Å². The Kier molecular flexibility index (Phi) is 3.32. The highest BCUT2D eigenvalue weighted by atomic mass is 32.2. The number of piperazine rings is 1. The van der Waals surface area contributed by atoms with Gasteiger partial charge in [-0.15, -0.1) is 0 Å². The van der Waals surface area contributed by atoms with Crippen molar-refractivity contribution in [2.24, 2.45) is 0 Å². The Hall–Kier alpha value is -1.02. The Morgan fingerprint density at radius 1 is 1.10 bits per heavy atom. The maximum absolute atomic E-state index is 13.3. The summed E-state index contributed by atoms with van der Waals surface area (Å²) >= 11 is -0.130. The number of fused-ring (bicyclic) bond motifs is 3. The number of alkyl halides is 3. The maximum Gasteiger partial charge on any atom is 0.456 e. The van der Waals surface area contributed by atoms with Gasteiger partial charge in [-0.05, 0) is 18.1 Å². The molecule has 0 saturated carbocycles. The summed E-state index contributed by atoms with van der Waals surface area (Å²) in [6.45, 7) is 0.840. The standard InChI is InChI=1S/C12H11F5N2S/c13-9-4-7-3-8-6-18(20-12(15,16)17)1-2-19(8)11(7)5-10(9)14/h4-5,8H,1-3,6H2. The lowest BCUT2D eigenvalue weighted by Crippen LogP contribution is -2.50. The molecule has 1 unspecified atom stereocenters. The van der Waals surface area contributed by atoms with Gasteiger partial charge in [0.15, 0.2) is 11.6 Å². The molecular weight excluding hydrogens is 299 g/mol. The van der Waals surface area contributed by atoms with E-state index in [-0.39, 0.29) is 31.1 Å². The highest BCUT2D eigenvalue weighted by molar-refractivity contribution is 7.97. The van der Waals surface area contributed by atoms with E-state index in [2.05, 4.69) is 0 Å². The van der Waals surface area contributed by atoms with Crippen LogP contribution in [0.15, 0.2) is 12.1 Å². The molecule has 2 nitrogen and oxygen atoms in total. The molecule has 2 heterocycles. The average molecular weight is 310 g/mol. The van der Waals surface area contributed by atoms with Crippen LogP contribution in [0, 0.1) is 11.6 Å². The summed E-state index contributed by atoms with van der Waals surface area (Å²) in [7, 11) is 0. The summed E-state index contributed by atoms with van der Waals surface area (Å²) in [5, 5.41) is 0. The van der Waals surface area contributed by atoms with Gasteiger partial charge in [-0.1, -0.05) is 0 Å². The van der Waals surface area contributed by atoms with E-state index < -0.39 is 17.1 Å². The molecule has 0 aromatic heterocycles. The topological polar surface area (TPSA) is 6.48 Å². The Morgan fingerprint density at radius 3 is 2.50 bits per heavy atom. The molecule has 2 aliphatic rings. The Labute approximate surface area is 116 Å². The van der Waals surface area contributed by atoms with Crippen LogP contribution in [0.25, 0.3) is 0 Å². The molecule has 20 heavy (non-hydrogen) atoms. The van der Waals surface area contributed by atoms with Crippen LogP contribution in [0.5, 0.6) is 0 Å². The van der Waals surface area contributed by atoms with Gasteiger partial charge in [0.2, 0.25) is 0 Å². The highest BCUT2D eigenvalue weighted by Gasteiger charge is 2.39. The van der Waals surface area contributed by atoms with Crippen molar-refractivity contribution in [1.29, 1.82) is 0 Å². The van der Waals surface area contributed by atoms with Crippen LogP contribution in [-0.2, 0) is 6.42 Å². The normalized spacial score (nSPS) is 22.9. The molecular formula is C12H11F5N2S. The fraction of sp³-hybridized carbons (Fsp3) is 0.500. The van der Waals surface area contributed by atoms with E-state index in [0.717, 1.165) is 12.1 Å². The van der Waals surface area contributed by atoms with Gasteiger partial charge < -0.3 is 4.90 Å². The molecule has 0 N–H and O–H groups in total. The van der Waals surface area contributed by atoms with Crippen LogP contribution < -0.4 is 4.90 Å². The van der Waals surface area contributed by atoms with E-state index in [9.17, 15) is 22.0 Å². The second-order valence-corrected chi connectivity index (χ2v) is 6.03. The summed E-state index contributed by atoms with van der Waals surface area (Å²) < 4.78 is 64.8. The van der Waals surface area contributed by atoms with Crippen molar-refractivity contribution in [1.82, 2.24) is 4.31 Å². The van der Waals surface area contributed by atoms with E-state index in [0.29, 0.717) is 24.2 Å². The smallest absolute Gasteiger partial charge is 0.365 e. The van der Waals surface area contributed by atoms with Crippen LogP contribution >= 0.6 is 11.9 Å². The number of halogens is 5. The Balaban J connectivity index is 1.77. The fourth-order valence-corrected chi connectivity index (χ4v) is 3.52. The van der Waals surface area contributed by atoms with E-state index >= 15 is 0 Å². The number of anilines is 1. The summed E-state index contributed by atoms with van der Waals surface area (Å²) in [6, 6.07) is 2.12. The zero-order chi connectivity index (χ0) is 14.5. The predicted molar refractivity (Wildman–Crippen MR) is 66.4 cm³/mol. The number of nitrogens with zero attached hydrogens (tertiary/aromatic N) is 2. The van der Waals surface area contributed by atoms with Crippen molar-refractivity contribution >= 4 is 17.6 Å².